The number of nitrogens with one attached hydrogen (secondary N) is 1. The van der Waals surface area contributed by atoms with Crippen LogP contribution in [-0.4, -0.2) is 50.8 Å². The zero-order valence-electron chi connectivity index (χ0n) is 16.2. The van der Waals surface area contributed by atoms with Crippen LogP contribution in [-0.2, 0) is 19.6 Å². The summed E-state index contributed by atoms with van der Waals surface area (Å²) in [6, 6.07) is 4.44. The van der Waals surface area contributed by atoms with Crippen molar-refractivity contribution in [2.45, 2.75) is 44.9 Å². The van der Waals surface area contributed by atoms with Gasteiger partial charge >= 0.3 is 5.97 Å². The van der Waals surface area contributed by atoms with Crippen LogP contribution >= 0.6 is 0 Å². The van der Waals surface area contributed by atoms with Gasteiger partial charge in [0.25, 0.3) is 5.91 Å². The van der Waals surface area contributed by atoms with Gasteiger partial charge in [0.1, 0.15) is 0 Å². The largest absolute Gasteiger partial charge is 0.452 e. The van der Waals surface area contributed by atoms with Crippen LogP contribution in [0.2, 0.25) is 0 Å². The van der Waals surface area contributed by atoms with Gasteiger partial charge in [0.05, 0.1) is 10.5 Å². The van der Waals surface area contributed by atoms with Crippen molar-refractivity contribution in [2.75, 3.05) is 26.2 Å². The Labute approximate surface area is 161 Å². The second-order valence-corrected chi connectivity index (χ2v) is 9.15. The standard InChI is InChI=1S/C19H28N2O5S/c1-14(2)12-20-18(22)13-26-19(23)17-11-16(8-7-15(17)3)27(24,25)21-9-5-4-6-10-21/h7-8,11,14H,4-6,9-10,12-13H2,1-3H3,(H,20,22). The van der Waals surface area contributed by atoms with Gasteiger partial charge in [-0.2, -0.15) is 4.31 Å². The van der Waals surface area contributed by atoms with Crippen molar-refractivity contribution < 1.29 is 22.7 Å². The van der Waals surface area contributed by atoms with E-state index in [1.54, 1.807) is 13.0 Å². The van der Waals surface area contributed by atoms with Crippen LogP contribution in [0.15, 0.2) is 23.1 Å². The smallest absolute Gasteiger partial charge is 0.338 e. The molecule has 1 aromatic rings. The maximum atomic E-state index is 12.8. The van der Waals surface area contributed by atoms with E-state index < -0.39 is 22.6 Å². The van der Waals surface area contributed by atoms with E-state index in [2.05, 4.69) is 5.32 Å². The van der Waals surface area contributed by atoms with Crippen LogP contribution in [0, 0.1) is 12.8 Å². The van der Waals surface area contributed by atoms with Gasteiger partial charge in [0.15, 0.2) is 6.61 Å². The van der Waals surface area contributed by atoms with E-state index in [1.807, 2.05) is 13.8 Å². The van der Waals surface area contributed by atoms with Crippen molar-refractivity contribution in [3.8, 4) is 0 Å². The van der Waals surface area contributed by atoms with Gasteiger partial charge in [-0.25, -0.2) is 13.2 Å². The van der Waals surface area contributed by atoms with Gasteiger partial charge < -0.3 is 10.1 Å². The molecule has 1 fully saturated rings. The molecule has 0 saturated carbocycles. The summed E-state index contributed by atoms with van der Waals surface area (Å²) < 4.78 is 32.1. The highest BCUT2D eigenvalue weighted by Gasteiger charge is 2.27. The third kappa shape index (κ3) is 5.77. The Hall–Kier alpha value is -1.93. The van der Waals surface area contributed by atoms with Crippen LogP contribution in [0.5, 0.6) is 0 Å². The third-order valence-corrected chi connectivity index (χ3v) is 6.32. The first-order valence-electron chi connectivity index (χ1n) is 9.26. The first kappa shape index (κ1) is 21.4. The number of hydrogen-bond acceptors (Lipinski definition) is 5. The molecule has 0 atom stereocenters. The van der Waals surface area contributed by atoms with Crippen molar-refractivity contribution in [1.29, 1.82) is 0 Å². The fourth-order valence-corrected chi connectivity index (χ4v) is 4.36. The topological polar surface area (TPSA) is 92.8 Å². The van der Waals surface area contributed by atoms with Crippen molar-refractivity contribution in [1.82, 2.24) is 9.62 Å². The summed E-state index contributed by atoms with van der Waals surface area (Å²) >= 11 is 0. The summed E-state index contributed by atoms with van der Waals surface area (Å²) in [7, 11) is -3.64. The van der Waals surface area contributed by atoms with Crippen LogP contribution in [0.4, 0.5) is 0 Å². The van der Waals surface area contributed by atoms with Crippen LogP contribution in [0.25, 0.3) is 0 Å². The number of benzene rings is 1. The Kier molecular flexibility index (Phi) is 7.38. The number of esters is 1. The monoisotopic (exact) mass is 396 g/mol. The molecule has 1 aliphatic heterocycles. The number of hydrogen-bond donors (Lipinski definition) is 1. The first-order chi connectivity index (χ1) is 12.7. The summed E-state index contributed by atoms with van der Waals surface area (Å²) in [5.74, 6) is -0.793. The molecule has 0 radical (unpaired) electrons. The molecule has 1 saturated heterocycles. The van der Waals surface area contributed by atoms with E-state index in [9.17, 15) is 18.0 Å². The van der Waals surface area contributed by atoms with Crippen LogP contribution < -0.4 is 5.32 Å². The molecule has 1 amide bonds. The number of aryl methyl sites for hydroxylation is 1. The van der Waals surface area contributed by atoms with Crippen molar-refractivity contribution in [3.05, 3.63) is 29.3 Å². The molecule has 7 nitrogen and oxygen atoms in total. The van der Waals surface area contributed by atoms with Gasteiger partial charge in [-0.05, 0) is 43.4 Å². The lowest BCUT2D eigenvalue weighted by Gasteiger charge is -2.26. The second kappa shape index (κ2) is 9.32. The first-order valence-corrected chi connectivity index (χ1v) is 10.7. The SMILES string of the molecule is Cc1ccc(S(=O)(=O)N2CCCCC2)cc1C(=O)OCC(=O)NCC(C)C. The number of rotatable bonds is 7. The highest BCUT2D eigenvalue weighted by Crippen LogP contribution is 2.23. The summed E-state index contributed by atoms with van der Waals surface area (Å²) in [4.78, 5) is 24.1. The van der Waals surface area contributed by atoms with Gasteiger partial charge in [0.2, 0.25) is 10.0 Å². The number of piperidine rings is 1. The lowest BCUT2D eigenvalue weighted by molar-refractivity contribution is -0.124. The Morgan fingerprint density at radius 3 is 2.48 bits per heavy atom. The highest BCUT2D eigenvalue weighted by atomic mass is 32.2. The third-order valence-electron chi connectivity index (χ3n) is 4.42. The van der Waals surface area contributed by atoms with E-state index in [-0.39, 0.29) is 16.4 Å². The zero-order valence-corrected chi connectivity index (χ0v) is 17.0. The fraction of sp³-hybridized carbons (Fsp3) is 0.579. The molecule has 1 N–H and O–H groups in total. The van der Waals surface area contributed by atoms with E-state index in [4.69, 9.17) is 4.74 Å². The Balaban J connectivity index is 2.10. The van der Waals surface area contributed by atoms with Crippen molar-refractivity contribution >= 4 is 21.9 Å². The second-order valence-electron chi connectivity index (χ2n) is 7.22. The highest BCUT2D eigenvalue weighted by molar-refractivity contribution is 7.89. The molecule has 0 unspecified atom stereocenters. The molecule has 150 valence electrons. The molecular weight excluding hydrogens is 368 g/mol. The molecule has 1 heterocycles. The fourth-order valence-electron chi connectivity index (χ4n) is 2.81. The van der Waals surface area contributed by atoms with E-state index in [0.717, 1.165) is 19.3 Å². The van der Waals surface area contributed by atoms with Crippen LogP contribution in [0.1, 0.15) is 49.0 Å². The molecule has 0 spiro atoms. The van der Waals surface area contributed by atoms with Crippen LogP contribution in [0.3, 0.4) is 0 Å². The maximum absolute atomic E-state index is 12.8. The van der Waals surface area contributed by atoms with Gasteiger partial charge in [-0.15, -0.1) is 0 Å². The maximum Gasteiger partial charge on any atom is 0.338 e. The average molecular weight is 397 g/mol. The summed E-state index contributed by atoms with van der Waals surface area (Å²) in [6.45, 7) is 6.71. The van der Waals surface area contributed by atoms with Crippen molar-refractivity contribution in [2.24, 2.45) is 5.92 Å². The normalized spacial score (nSPS) is 15.6. The minimum absolute atomic E-state index is 0.0752. The van der Waals surface area contributed by atoms with E-state index in [1.165, 1.54) is 16.4 Å². The molecule has 0 aromatic heterocycles. The molecule has 2 rings (SSSR count). The number of carbonyl (C=O) groups is 2. The van der Waals surface area contributed by atoms with Gasteiger partial charge in [-0.1, -0.05) is 26.3 Å². The molecule has 27 heavy (non-hydrogen) atoms. The molecule has 1 aromatic carbocycles. The molecule has 0 aliphatic carbocycles. The number of amides is 1. The number of nitrogens with zero attached hydrogens (tertiary/aromatic N) is 1. The van der Waals surface area contributed by atoms with Crippen molar-refractivity contribution in [3.63, 3.8) is 0 Å². The van der Waals surface area contributed by atoms with Gasteiger partial charge in [-0.3, -0.25) is 4.79 Å². The minimum atomic E-state index is -3.64. The Morgan fingerprint density at radius 2 is 1.85 bits per heavy atom. The van der Waals surface area contributed by atoms with E-state index >= 15 is 0 Å². The molecule has 8 heteroatoms. The molecule has 1 aliphatic rings. The molecule has 0 bridgehead atoms. The Morgan fingerprint density at radius 1 is 1.19 bits per heavy atom. The minimum Gasteiger partial charge on any atom is -0.452 e. The summed E-state index contributed by atoms with van der Waals surface area (Å²) in [5.41, 5.74) is 0.755. The predicted octanol–water partition coefficient (Wildman–Crippen LogP) is 2.10. The predicted molar refractivity (Wildman–Crippen MR) is 102 cm³/mol. The zero-order chi connectivity index (χ0) is 20.0. The summed E-state index contributed by atoms with van der Waals surface area (Å²) in [5, 5.41) is 2.66. The quantitative estimate of drug-likeness (QED) is 0.713. The lowest BCUT2D eigenvalue weighted by atomic mass is 10.1. The number of ether oxygens (including phenoxy) is 1. The van der Waals surface area contributed by atoms with E-state index in [0.29, 0.717) is 31.1 Å². The summed E-state index contributed by atoms with van der Waals surface area (Å²) in [6.07, 6.45) is 2.70. The Bertz CT molecular complexity index is 783. The lowest BCUT2D eigenvalue weighted by Crippen LogP contribution is -2.35. The number of sulfonamides is 1. The van der Waals surface area contributed by atoms with Gasteiger partial charge in [0, 0.05) is 19.6 Å². The number of carbonyl (C=O) groups excluding carboxylic acids is 2. The molecular formula is C19H28N2O5S. The average Bonchev–Trinajstić information content (AvgIpc) is 2.65.